The lowest BCUT2D eigenvalue weighted by atomic mass is 10.1. The first-order valence-electron chi connectivity index (χ1n) is 9.73. The van der Waals surface area contributed by atoms with Crippen LogP contribution in [0.3, 0.4) is 0 Å². The third-order valence-electron chi connectivity index (χ3n) is 4.79. The van der Waals surface area contributed by atoms with Crippen LogP contribution in [0.1, 0.15) is 25.0 Å². The lowest BCUT2D eigenvalue weighted by Crippen LogP contribution is -2.25. The summed E-state index contributed by atoms with van der Waals surface area (Å²) in [5.74, 6) is 0.679. The van der Waals surface area contributed by atoms with Gasteiger partial charge in [-0.25, -0.2) is 0 Å². The molecule has 1 N–H and O–H groups in total. The van der Waals surface area contributed by atoms with Gasteiger partial charge in [-0.3, -0.25) is 4.79 Å². The van der Waals surface area contributed by atoms with Gasteiger partial charge in [0.15, 0.2) is 11.5 Å². The number of methoxy groups -OCH3 is 3. The molecule has 2 aromatic rings. The fraction of sp³-hybridized carbons (Fsp3) is 0.409. The molecule has 0 atom stereocenters. The number of carbonyl (C=O) groups is 1. The first-order valence-corrected chi connectivity index (χ1v) is 9.73. The van der Waals surface area contributed by atoms with Gasteiger partial charge >= 0.3 is 6.18 Å². The van der Waals surface area contributed by atoms with Crippen LogP contribution in [0.25, 0.3) is 0 Å². The third-order valence-corrected chi connectivity index (χ3v) is 4.79. The molecule has 0 saturated heterocycles. The molecule has 0 saturated carbocycles. The second-order valence-electron chi connectivity index (χ2n) is 6.66. The molecule has 9 heteroatoms. The summed E-state index contributed by atoms with van der Waals surface area (Å²) >= 11 is 0. The lowest BCUT2D eigenvalue weighted by Gasteiger charge is -2.25. The molecule has 0 heterocycles. The number of alkyl halides is 3. The molecule has 0 unspecified atom stereocenters. The van der Waals surface area contributed by atoms with E-state index in [-0.39, 0.29) is 12.1 Å². The van der Waals surface area contributed by atoms with Crippen LogP contribution in [0.2, 0.25) is 0 Å². The minimum absolute atomic E-state index is 0.0926. The van der Waals surface area contributed by atoms with Gasteiger partial charge in [-0.1, -0.05) is 0 Å². The van der Waals surface area contributed by atoms with Crippen LogP contribution < -0.4 is 24.4 Å². The smallest absolute Gasteiger partial charge is 0.416 e. The number of carbonyl (C=O) groups excluding carboxylic acids is 1. The van der Waals surface area contributed by atoms with Gasteiger partial charge in [0.05, 0.1) is 44.7 Å². The van der Waals surface area contributed by atoms with Crippen LogP contribution in [-0.2, 0) is 17.4 Å². The zero-order valence-corrected chi connectivity index (χ0v) is 18.2. The van der Waals surface area contributed by atoms with Gasteiger partial charge in [0.1, 0.15) is 0 Å². The summed E-state index contributed by atoms with van der Waals surface area (Å²) in [5.41, 5.74) is 0.363. The van der Waals surface area contributed by atoms with Crippen molar-refractivity contribution >= 4 is 17.3 Å². The molecule has 0 aliphatic heterocycles. The normalized spacial score (nSPS) is 11.1. The second kappa shape index (κ2) is 10.3. The molecule has 0 fully saturated rings. The van der Waals surface area contributed by atoms with Crippen molar-refractivity contribution in [2.24, 2.45) is 0 Å². The van der Waals surface area contributed by atoms with E-state index in [1.165, 1.54) is 27.4 Å². The molecule has 0 spiro atoms. The van der Waals surface area contributed by atoms with E-state index in [1.807, 2.05) is 18.7 Å². The maximum Gasteiger partial charge on any atom is 0.416 e. The average molecular weight is 440 g/mol. The van der Waals surface area contributed by atoms with Gasteiger partial charge in [0.25, 0.3) is 0 Å². The van der Waals surface area contributed by atoms with Crippen molar-refractivity contribution in [1.29, 1.82) is 0 Å². The number of nitrogens with zero attached hydrogens (tertiary/aromatic N) is 1. The number of ether oxygens (including phenoxy) is 3. The zero-order valence-electron chi connectivity index (χ0n) is 18.2. The van der Waals surface area contributed by atoms with E-state index in [1.54, 1.807) is 12.1 Å². The Morgan fingerprint density at radius 3 is 2.00 bits per heavy atom. The summed E-state index contributed by atoms with van der Waals surface area (Å²) in [5, 5.41) is 2.63. The van der Waals surface area contributed by atoms with E-state index < -0.39 is 17.6 Å². The van der Waals surface area contributed by atoms with E-state index in [0.29, 0.717) is 41.6 Å². The molecule has 0 bridgehead atoms. The SMILES string of the molecule is CCN(CC)c1ccc(C(F)(F)F)cc1NC(=O)Cc1cc(OC)c(OC)c(OC)c1. The maximum absolute atomic E-state index is 13.2. The summed E-state index contributed by atoms with van der Waals surface area (Å²) in [7, 11) is 4.38. The molecule has 0 radical (unpaired) electrons. The highest BCUT2D eigenvalue weighted by Gasteiger charge is 2.31. The molecule has 170 valence electrons. The molecule has 0 aliphatic rings. The average Bonchev–Trinajstić information content (AvgIpc) is 2.73. The van der Waals surface area contributed by atoms with Crippen LogP contribution >= 0.6 is 0 Å². The van der Waals surface area contributed by atoms with Gasteiger partial charge in [-0.2, -0.15) is 13.2 Å². The first-order chi connectivity index (χ1) is 14.7. The van der Waals surface area contributed by atoms with Crippen LogP contribution in [0.4, 0.5) is 24.5 Å². The number of anilines is 2. The molecule has 2 rings (SSSR count). The van der Waals surface area contributed by atoms with Crippen LogP contribution in [-0.4, -0.2) is 40.3 Å². The Morgan fingerprint density at radius 2 is 1.55 bits per heavy atom. The predicted octanol–water partition coefficient (Wildman–Crippen LogP) is 4.76. The summed E-state index contributed by atoms with van der Waals surface area (Å²) in [4.78, 5) is 14.6. The summed E-state index contributed by atoms with van der Waals surface area (Å²) in [6.07, 6.45) is -4.61. The molecule has 0 aromatic heterocycles. The van der Waals surface area contributed by atoms with Crippen molar-refractivity contribution in [3.05, 3.63) is 41.5 Å². The first kappa shape index (κ1) is 24.2. The Morgan fingerprint density at radius 1 is 0.968 bits per heavy atom. The largest absolute Gasteiger partial charge is 0.493 e. The Kier molecular flexibility index (Phi) is 8.01. The van der Waals surface area contributed by atoms with Crippen molar-refractivity contribution in [2.75, 3.05) is 44.6 Å². The lowest BCUT2D eigenvalue weighted by molar-refractivity contribution is -0.137. The number of hydrogen-bond acceptors (Lipinski definition) is 5. The highest BCUT2D eigenvalue weighted by atomic mass is 19.4. The molecule has 0 aliphatic carbocycles. The van der Waals surface area contributed by atoms with Crippen molar-refractivity contribution in [3.63, 3.8) is 0 Å². The van der Waals surface area contributed by atoms with Crippen LogP contribution in [0, 0.1) is 0 Å². The van der Waals surface area contributed by atoms with Crippen molar-refractivity contribution in [3.8, 4) is 17.2 Å². The Balaban J connectivity index is 2.36. The van der Waals surface area contributed by atoms with E-state index in [4.69, 9.17) is 14.2 Å². The topological polar surface area (TPSA) is 60.0 Å². The zero-order chi connectivity index (χ0) is 23.2. The van der Waals surface area contributed by atoms with Crippen molar-refractivity contribution in [1.82, 2.24) is 0 Å². The van der Waals surface area contributed by atoms with Crippen molar-refractivity contribution < 1.29 is 32.2 Å². The molecule has 2 aromatic carbocycles. The minimum atomic E-state index is -4.52. The second-order valence-corrected chi connectivity index (χ2v) is 6.66. The number of hydrogen-bond donors (Lipinski definition) is 1. The summed E-state index contributed by atoms with van der Waals surface area (Å²) in [6, 6.07) is 6.60. The predicted molar refractivity (Wildman–Crippen MR) is 113 cm³/mol. The quantitative estimate of drug-likeness (QED) is 0.609. The highest BCUT2D eigenvalue weighted by Crippen LogP contribution is 2.39. The van der Waals surface area contributed by atoms with Gasteiger partial charge < -0.3 is 24.4 Å². The summed E-state index contributed by atoms with van der Waals surface area (Å²) < 4.78 is 55.5. The fourth-order valence-electron chi connectivity index (χ4n) is 3.27. The monoisotopic (exact) mass is 440 g/mol. The molecule has 1 amide bonds. The Bertz CT molecular complexity index is 887. The number of amides is 1. The standard InChI is InChI=1S/C22H27F3N2O4/c1-6-27(7-2)17-9-8-15(22(23,24)25)13-16(17)26-20(28)12-14-10-18(29-3)21(31-5)19(11-14)30-4/h8-11,13H,6-7,12H2,1-5H3,(H,26,28). The van der Waals surface area contributed by atoms with E-state index >= 15 is 0 Å². The molecule has 6 nitrogen and oxygen atoms in total. The maximum atomic E-state index is 13.2. The molecular formula is C22H27F3N2O4. The molecular weight excluding hydrogens is 413 g/mol. The Hall–Kier alpha value is -3.10. The van der Waals surface area contributed by atoms with Crippen LogP contribution in [0.5, 0.6) is 17.2 Å². The number of halogens is 3. The van der Waals surface area contributed by atoms with Gasteiger partial charge in [-0.05, 0) is 49.7 Å². The number of rotatable bonds is 9. The number of nitrogens with one attached hydrogen (secondary N) is 1. The molecule has 31 heavy (non-hydrogen) atoms. The highest BCUT2D eigenvalue weighted by molar-refractivity contribution is 5.96. The van der Waals surface area contributed by atoms with E-state index in [9.17, 15) is 18.0 Å². The summed E-state index contributed by atoms with van der Waals surface area (Å²) in [6.45, 7) is 4.95. The third kappa shape index (κ3) is 5.74. The van der Waals surface area contributed by atoms with E-state index in [2.05, 4.69) is 5.32 Å². The minimum Gasteiger partial charge on any atom is -0.493 e. The Labute approximate surface area is 179 Å². The van der Waals surface area contributed by atoms with E-state index in [0.717, 1.165) is 12.1 Å². The van der Waals surface area contributed by atoms with Gasteiger partial charge in [0.2, 0.25) is 11.7 Å². The van der Waals surface area contributed by atoms with Gasteiger partial charge in [-0.15, -0.1) is 0 Å². The van der Waals surface area contributed by atoms with Crippen molar-refractivity contribution in [2.45, 2.75) is 26.4 Å². The number of benzene rings is 2. The van der Waals surface area contributed by atoms with Gasteiger partial charge in [0, 0.05) is 13.1 Å². The fourth-order valence-corrected chi connectivity index (χ4v) is 3.27. The van der Waals surface area contributed by atoms with Crippen LogP contribution in [0.15, 0.2) is 30.3 Å².